The van der Waals surface area contributed by atoms with Crippen LogP contribution in [0.2, 0.25) is 0 Å². The van der Waals surface area contributed by atoms with Gasteiger partial charge in [0, 0.05) is 0 Å². The van der Waals surface area contributed by atoms with E-state index in [1.807, 2.05) is 0 Å². The van der Waals surface area contributed by atoms with Gasteiger partial charge in [0.05, 0.1) is 0 Å². The maximum Gasteiger partial charge on any atom is -0.0207 e. The summed E-state index contributed by atoms with van der Waals surface area (Å²) in [6, 6.07) is 10.6. The van der Waals surface area contributed by atoms with Gasteiger partial charge in [0.25, 0.3) is 0 Å². The van der Waals surface area contributed by atoms with E-state index < -0.39 is 0 Å². The van der Waals surface area contributed by atoms with Gasteiger partial charge in [-0.05, 0) is 22.6 Å². The molecule has 1 aliphatic carbocycles. The van der Waals surface area contributed by atoms with E-state index in [1.54, 1.807) is 0 Å². The zero-order chi connectivity index (χ0) is 10.7. The lowest BCUT2D eigenvalue weighted by atomic mass is 9.91. The van der Waals surface area contributed by atoms with Gasteiger partial charge in [0.1, 0.15) is 0 Å². The molecule has 0 saturated heterocycles. The minimum absolute atomic E-state index is 0.551. The third kappa shape index (κ3) is 2.10. The Balaban J connectivity index is 2.50. The van der Waals surface area contributed by atoms with Crippen LogP contribution in [-0.2, 0) is 0 Å². The standard InChI is InChI=1S/C15H16/c1-12(2)15(14-10-6-7-11-14)13-8-4-3-5-9-13/h3-12H,1-2H3. The summed E-state index contributed by atoms with van der Waals surface area (Å²) in [5.41, 5.74) is 4.11. The molecule has 1 aliphatic rings. The van der Waals surface area contributed by atoms with Crippen LogP contribution in [0.1, 0.15) is 19.4 Å². The Kier molecular flexibility index (Phi) is 2.86. The maximum absolute atomic E-state index is 2.25. The minimum atomic E-state index is 0.551. The van der Waals surface area contributed by atoms with E-state index >= 15 is 0 Å². The van der Waals surface area contributed by atoms with E-state index in [2.05, 4.69) is 68.5 Å². The summed E-state index contributed by atoms with van der Waals surface area (Å²) in [6.45, 7) is 4.49. The van der Waals surface area contributed by atoms with Gasteiger partial charge in [-0.1, -0.05) is 68.5 Å². The zero-order valence-electron chi connectivity index (χ0n) is 9.27. The molecule has 15 heavy (non-hydrogen) atoms. The normalized spacial score (nSPS) is 13.9. The number of allylic oxidation sites excluding steroid dienone is 6. The summed E-state index contributed by atoms with van der Waals surface area (Å²) >= 11 is 0. The fourth-order valence-electron chi connectivity index (χ4n) is 2.00. The second-order valence-corrected chi connectivity index (χ2v) is 4.11. The molecule has 0 saturated carbocycles. The van der Waals surface area contributed by atoms with Crippen LogP contribution >= 0.6 is 0 Å². The molecular formula is C15H16. The number of hydrogen-bond acceptors (Lipinski definition) is 0. The molecule has 0 spiro atoms. The number of benzene rings is 1. The van der Waals surface area contributed by atoms with Crippen molar-refractivity contribution in [3.8, 4) is 0 Å². The fraction of sp³-hybridized carbons (Fsp3) is 0.200. The molecule has 0 bridgehead atoms. The summed E-state index contributed by atoms with van der Waals surface area (Å²) in [4.78, 5) is 0. The molecular weight excluding hydrogens is 180 g/mol. The third-order valence-electron chi connectivity index (χ3n) is 2.64. The highest BCUT2D eigenvalue weighted by Crippen LogP contribution is 2.29. The smallest absolute Gasteiger partial charge is 0.0207 e. The Bertz CT molecular complexity index is 403. The van der Waals surface area contributed by atoms with Gasteiger partial charge in [0.15, 0.2) is 0 Å². The molecule has 0 aromatic heterocycles. The molecule has 0 amide bonds. The van der Waals surface area contributed by atoms with Gasteiger partial charge < -0.3 is 0 Å². The van der Waals surface area contributed by atoms with E-state index in [0.29, 0.717) is 5.92 Å². The van der Waals surface area contributed by atoms with Crippen LogP contribution in [0.3, 0.4) is 0 Å². The topological polar surface area (TPSA) is 0 Å². The van der Waals surface area contributed by atoms with Crippen LogP contribution in [0, 0.1) is 5.92 Å². The predicted octanol–water partition coefficient (Wildman–Crippen LogP) is 4.22. The SMILES string of the molecule is CC(C)C(=C1C=CC=C1)c1ccccc1. The largest absolute Gasteiger partial charge is 0.0622 e. The number of rotatable bonds is 2. The molecule has 76 valence electrons. The molecule has 0 heteroatoms. The van der Waals surface area contributed by atoms with Gasteiger partial charge in [-0.3, -0.25) is 0 Å². The monoisotopic (exact) mass is 196 g/mol. The summed E-state index contributed by atoms with van der Waals surface area (Å²) in [5.74, 6) is 0.551. The molecule has 0 atom stereocenters. The highest BCUT2D eigenvalue weighted by molar-refractivity contribution is 5.75. The lowest BCUT2D eigenvalue weighted by Gasteiger charge is -2.14. The molecule has 1 aromatic carbocycles. The first-order valence-corrected chi connectivity index (χ1v) is 5.43. The summed E-state index contributed by atoms with van der Waals surface area (Å²) in [7, 11) is 0. The van der Waals surface area contributed by atoms with Crippen molar-refractivity contribution in [1.29, 1.82) is 0 Å². The summed E-state index contributed by atoms with van der Waals surface area (Å²) in [6.07, 6.45) is 8.56. The molecule has 0 aliphatic heterocycles. The third-order valence-corrected chi connectivity index (χ3v) is 2.64. The Morgan fingerprint density at radius 3 is 2.07 bits per heavy atom. The van der Waals surface area contributed by atoms with Gasteiger partial charge in [-0.15, -0.1) is 0 Å². The first kappa shape index (κ1) is 9.97. The first-order valence-electron chi connectivity index (χ1n) is 5.43. The molecule has 0 nitrogen and oxygen atoms in total. The predicted molar refractivity (Wildman–Crippen MR) is 66.5 cm³/mol. The molecule has 0 radical (unpaired) electrons. The van der Waals surface area contributed by atoms with E-state index in [1.165, 1.54) is 16.7 Å². The second kappa shape index (κ2) is 4.31. The molecule has 0 unspecified atom stereocenters. The quantitative estimate of drug-likeness (QED) is 0.664. The van der Waals surface area contributed by atoms with Crippen molar-refractivity contribution in [3.63, 3.8) is 0 Å². The van der Waals surface area contributed by atoms with Crippen LogP contribution in [0.4, 0.5) is 0 Å². The average molecular weight is 196 g/mol. The van der Waals surface area contributed by atoms with Gasteiger partial charge >= 0.3 is 0 Å². The maximum atomic E-state index is 2.25. The average Bonchev–Trinajstić information content (AvgIpc) is 2.72. The molecule has 0 heterocycles. The highest BCUT2D eigenvalue weighted by Gasteiger charge is 2.10. The fourth-order valence-corrected chi connectivity index (χ4v) is 2.00. The van der Waals surface area contributed by atoms with E-state index in [9.17, 15) is 0 Å². The lowest BCUT2D eigenvalue weighted by molar-refractivity contribution is 0.852. The van der Waals surface area contributed by atoms with Crippen molar-refractivity contribution in [3.05, 3.63) is 65.8 Å². The van der Waals surface area contributed by atoms with Gasteiger partial charge in [0.2, 0.25) is 0 Å². The van der Waals surface area contributed by atoms with Crippen molar-refractivity contribution >= 4 is 5.57 Å². The summed E-state index contributed by atoms with van der Waals surface area (Å²) < 4.78 is 0. The highest BCUT2D eigenvalue weighted by atomic mass is 14.1. The van der Waals surface area contributed by atoms with Gasteiger partial charge in [-0.2, -0.15) is 0 Å². The Morgan fingerprint density at radius 2 is 1.53 bits per heavy atom. The molecule has 0 fully saturated rings. The molecule has 0 N–H and O–H groups in total. The van der Waals surface area contributed by atoms with Crippen molar-refractivity contribution < 1.29 is 0 Å². The Morgan fingerprint density at radius 1 is 0.933 bits per heavy atom. The van der Waals surface area contributed by atoms with E-state index in [-0.39, 0.29) is 0 Å². The first-order chi connectivity index (χ1) is 7.29. The van der Waals surface area contributed by atoms with Crippen molar-refractivity contribution in [2.45, 2.75) is 13.8 Å². The summed E-state index contributed by atoms with van der Waals surface area (Å²) in [5, 5.41) is 0. The van der Waals surface area contributed by atoms with Crippen LogP contribution in [0.25, 0.3) is 5.57 Å². The molecule has 2 rings (SSSR count). The van der Waals surface area contributed by atoms with Crippen molar-refractivity contribution in [2.24, 2.45) is 5.92 Å². The molecule has 1 aromatic rings. The zero-order valence-corrected chi connectivity index (χ0v) is 9.27. The van der Waals surface area contributed by atoms with Crippen LogP contribution in [0.5, 0.6) is 0 Å². The lowest BCUT2D eigenvalue weighted by Crippen LogP contribution is -1.96. The van der Waals surface area contributed by atoms with Crippen molar-refractivity contribution in [2.75, 3.05) is 0 Å². The van der Waals surface area contributed by atoms with Crippen molar-refractivity contribution in [1.82, 2.24) is 0 Å². The van der Waals surface area contributed by atoms with Crippen LogP contribution < -0.4 is 0 Å². The Hall–Kier alpha value is -1.56. The Labute approximate surface area is 91.6 Å². The van der Waals surface area contributed by atoms with E-state index in [0.717, 1.165) is 0 Å². The second-order valence-electron chi connectivity index (χ2n) is 4.11. The van der Waals surface area contributed by atoms with Gasteiger partial charge in [-0.25, -0.2) is 0 Å². The minimum Gasteiger partial charge on any atom is -0.0622 e. The van der Waals surface area contributed by atoms with E-state index in [4.69, 9.17) is 0 Å². The number of hydrogen-bond donors (Lipinski definition) is 0. The van der Waals surface area contributed by atoms with Crippen LogP contribution in [-0.4, -0.2) is 0 Å². The van der Waals surface area contributed by atoms with Crippen LogP contribution in [0.15, 0.2) is 60.2 Å².